The van der Waals surface area contributed by atoms with Crippen LogP contribution in [0.1, 0.15) is 342 Å². The van der Waals surface area contributed by atoms with E-state index in [1.54, 1.807) is 0 Å². The normalized spacial score (nSPS) is 14.6. The van der Waals surface area contributed by atoms with Gasteiger partial charge in [0.25, 0.3) is 0 Å². The first-order valence-corrected chi connectivity index (χ1v) is 43.8. The number of rotatable bonds is 77. The van der Waals surface area contributed by atoms with Crippen molar-refractivity contribution in [1.82, 2.24) is 0 Å². The van der Waals surface area contributed by atoms with Crippen LogP contribution in [0.5, 0.6) is 0 Å². The molecule has 0 spiro atoms. The highest BCUT2D eigenvalue weighted by molar-refractivity contribution is 7.47. The summed E-state index contributed by atoms with van der Waals surface area (Å²) in [7, 11) is -9.81. The molecule has 0 aromatic carbocycles. The van der Waals surface area contributed by atoms with Crippen LogP contribution < -0.4 is 0 Å². The molecule has 4 N–H and O–H groups in total. The summed E-state index contributed by atoms with van der Waals surface area (Å²) in [5.74, 6) is -1.66. The molecule has 103 heavy (non-hydrogen) atoms. The van der Waals surface area contributed by atoms with Crippen molar-refractivity contribution in [1.29, 1.82) is 0 Å². The van der Waals surface area contributed by atoms with Crippen molar-refractivity contribution in [2.45, 2.75) is 360 Å². The van der Waals surface area contributed by atoms with Crippen molar-refractivity contribution in [3.8, 4) is 0 Å². The minimum absolute atomic E-state index is 0.0456. The summed E-state index contributed by atoms with van der Waals surface area (Å²) < 4.78 is 61.1. The Kier molecular flexibility index (Phi) is 74.5. The summed E-state index contributed by atoms with van der Waals surface area (Å²) in [5.41, 5.74) is 0. The van der Waals surface area contributed by atoms with E-state index in [0.29, 0.717) is 25.7 Å². The molecule has 0 fully saturated rings. The highest BCUT2D eigenvalue weighted by Gasteiger charge is 2.29. The molecular formula is C85H148O16P2. The number of allylic oxidation sites excluding steroid dienone is 20. The fraction of sp³-hybridized carbons (Fsp3) is 0.729. The third-order valence-electron chi connectivity index (χ3n) is 17.2. The largest absolute Gasteiger partial charge is 0.472 e. The molecule has 0 saturated heterocycles. The molecule has 594 valence electrons. The Balaban J connectivity index is 4.47. The fourth-order valence-corrected chi connectivity index (χ4v) is 12.6. The lowest BCUT2D eigenvalue weighted by Gasteiger charge is -2.21. The number of aliphatic hydroxyl groups excluding tert-OH is 2. The van der Waals surface area contributed by atoms with Crippen LogP contribution in [0.2, 0.25) is 0 Å². The number of carbonyl (C=O) groups excluding carboxylic acids is 3. The standard InChI is InChI=1S/C85H148O16P2/c1-4-7-10-13-16-19-22-25-28-30-32-33-34-35-36-37-38-39-40-41-42-43-44-45-47-49-51-53-56-59-62-65-68-71-83(88)95-74-80(86)75-97-102(91,92)98-76-81(87)77-99-103(93,94)100-79-82(101-85(90)73-70-67-64-61-58-55-50-27-24-21-18-15-12-9-6-3)78-96-84(89)72-69-66-63-60-57-54-52-48-46-31-29-26-23-20-17-14-11-8-5-2/h8,11,16-17,19-20,25-26,28-29,32-33,35-36,46,48,54,57,63,66,80-82,86-87H,4-7,9-10,12-15,18,21-24,27,30-31,34,37-45,47,49-53,55-56,58-62,64-65,67-79H2,1-3H3,(H,91,92)(H,93,94)/b11-8-,19-16-,20-17-,28-25-,29-26-,33-32-,36-35-,48-46-,57-54-,66-63-. The monoisotopic (exact) mass is 1490 g/mol. The Hall–Kier alpha value is -4.05. The molecule has 0 aromatic rings. The molecule has 0 rings (SSSR count). The predicted octanol–water partition coefficient (Wildman–Crippen LogP) is 24.1. The van der Waals surface area contributed by atoms with E-state index in [2.05, 4.69) is 124 Å². The van der Waals surface area contributed by atoms with Crippen molar-refractivity contribution in [2.24, 2.45) is 0 Å². The average Bonchev–Trinajstić information content (AvgIpc) is 0.917. The second-order valence-corrected chi connectivity index (χ2v) is 30.1. The number of ether oxygens (including phenoxy) is 3. The van der Waals surface area contributed by atoms with E-state index in [1.807, 2.05) is 18.2 Å². The molecule has 16 nitrogen and oxygen atoms in total. The number of hydrogen-bond acceptors (Lipinski definition) is 14. The van der Waals surface area contributed by atoms with Crippen LogP contribution in [0.4, 0.5) is 0 Å². The molecule has 0 aliphatic rings. The van der Waals surface area contributed by atoms with Gasteiger partial charge in [-0.05, 0) is 103 Å². The van der Waals surface area contributed by atoms with Crippen molar-refractivity contribution in [2.75, 3.05) is 39.6 Å². The maximum atomic E-state index is 13.0. The van der Waals surface area contributed by atoms with Crippen molar-refractivity contribution in [3.63, 3.8) is 0 Å². The first-order valence-electron chi connectivity index (χ1n) is 40.8. The molecule has 0 aliphatic carbocycles. The number of aliphatic hydroxyl groups is 2. The number of unbranched alkanes of at least 4 members (excludes halogenated alkanes) is 34. The van der Waals surface area contributed by atoms with Gasteiger partial charge in [-0.25, -0.2) is 9.13 Å². The zero-order valence-corrected chi connectivity index (χ0v) is 66.7. The Morgan fingerprint density at radius 3 is 0.893 bits per heavy atom. The van der Waals surface area contributed by atoms with Crippen LogP contribution >= 0.6 is 15.6 Å². The molecule has 18 heteroatoms. The topological polar surface area (TPSA) is 231 Å². The van der Waals surface area contributed by atoms with E-state index < -0.39 is 91.5 Å². The Morgan fingerprint density at radius 2 is 0.534 bits per heavy atom. The lowest BCUT2D eigenvalue weighted by atomic mass is 10.0. The van der Waals surface area contributed by atoms with Gasteiger partial charge in [-0.2, -0.15) is 0 Å². The van der Waals surface area contributed by atoms with Crippen molar-refractivity contribution < 1.29 is 75.8 Å². The zero-order chi connectivity index (χ0) is 75.2. The van der Waals surface area contributed by atoms with Gasteiger partial charge in [0.2, 0.25) is 0 Å². The van der Waals surface area contributed by atoms with Crippen LogP contribution in [0, 0.1) is 0 Å². The summed E-state index contributed by atoms with van der Waals surface area (Å²) in [5, 5.41) is 20.6. The Bertz CT molecular complexity index is 2360. The third-order valence-corrected chi connectivity index (χ3v) is 19.1. The maximum absolute atomic E-state index is 13.0. The van der Waals surface area contributed by atoms with E-state index in [1.165, 1.54) is 180 Å². The molecule has 0 aromatic heterocycles. The summed E-state index contributed by atoms with van der Waals surface area (Å²) in [6, 6.07) is 0. The molecule has 5 atom stereocenters. The lowest BCUT2D eigenvalue weighted by Crippen LogP contribution is -2.30. The molecule has 0 heterocycles. The van der Waals surface area contributed by atoms with E-state index in [9.17, 15) is 43.5 Å². The molecule has 5 unspecified atom stereocenters. The molecular weight excluding hydrogens is 1340 g/mol. The summed E-state index contributed by atoms with van der Waals surface area (Å²) >= 11 is 0. The third kappa shape index (κ3) is 78.8. The van der Waals surface area contributed by atoms with Gasteiger partial charge in [0.1, 0.15) is 25.4 Å². The molecule has 0 amide bonds. The Morgan fingerprint density at radius 1 is 0.282 bits per heavy atom. The highest BCUT2D eigenvalue weighted by atomic mass is 31.2. The zero-order valence-electron chi connectivity index (χ0n) is 65.0. The second kappa shape index (κ2) is 77.6. The SMILES string of the molecule is CC/C=C\C/C=C\C/C=C\C/C=C\C/C=C\C/C=C\CCC(=O)OCC(COP(=O)(O)OCC(O)COP(=O)(O)OCC(O)COC(=O)CCCCCCCCCCCCCCCCCCC/C=C\C/C=C\C/C=C\C/C=C\CCCCC)OC(=O)CCCCCCCCCCCCCCCCC. The smallest absolute Gasteiger partial charge is 0.463 e. The lowest BCUT2D eigenvalue weighted by molar-refractivity contribution is -0.161. The van der Waals surface area contributed by atoms with Crippen LogP contribution in [-0.4, -0.2) is 95.9 Å². The minimum atomic E-state index is -4.94. The maximum Gasteiger partial charge on any atom is 0.472 e. The molecule has 0 radical (unpaired) electrons. The van der Waals surface area contributed by atoms with Crippen LogP contribution in [0.25, 0.3) is 0 Å². The molecule has 0 bridgehead atoms. The number of phosphoric acid groups is 2. The van der Waals surface area contributed by atoms with E-state index in [0.717, 1.165) is 96.3 Å². The van der Waals surface area contributed by atoms with Gasteiger partial charge in [0, 0.05) is 19.3 Å². The summed E-state index contributed by atoms with van der Waals surface area (Å²) in [6.07, 6.45) is 92.8. The summed E-state index contributed by atoms with van der Waals surface area (Å²) in [6.45, 7) is 2.48. The first-order chi connectivity index (χ1) is 50.2. The number of carbonyl (C=O) groups is 3. The quantitative estimate of drug-likeness (QED) is 0.0146. The van der Waals surface area contributed by atoms with Crippen molar-refractivity contribution in [3.05, 3.63) is 122 Å². The average molecular weight is 1490 g/mol. The second-order valence-electron chi connectivity index (χ2n) is 27.2. The first kappa shape index (κ1) is 98.9. The number of phosphoric ester groups is 2. The minimum Gasteiger partial charge on any atom is -0.463 e. The highest BCUT2D eigenvalue weighted by Crippen LogP contribution is 2.45. The fourth-order valence-electron chi connectivity index (χ4n) is 11.0. The van der Waals surface area contributed by atoms with Crippen LogP contribution in [0.3, 0.4) is 0 Å². The molecule has 0 aliphatic heterocycles. The Labute approximate surface area is 627 Å². The van der Waals surface area contributed by atoms with Gasteiger partial charge in [0.05, 0.1) is 26.4 Å². The van der Waals surface area contributed by atoms with Crippen LogP contribution in [0.15, 0.2) is 122 Å². The van der Waals surface area contributed by atoms with Crippen molar-refractivity contribution >= 4 is 33.6 Å². The van der Waals surface area contributed by atoms with Gasteiger partial charge >= 0.3 is 33.6 Å². The summed E-state index contributed by atoms with van der Waals surface area (Å²) in [4.78, 5) is 58.6. The predicted molar refractivity (Wildman–Crippen MR) is 427 cm³/mol. The van der Waals surface area contributed by atoms with Gasteiger partial charge in [-0.15, -0.1) is 0 Å². The van der Waals surface area contributed by atoms with Gasteiger partial charge in [-0.1, -0.05) is 341 Å². The van der Waals surface area contributed by atoms with E-state index >= 15 is 0 Å². The van der Waals surface area contributed by atoms with E-state index in [-0.39, 0.29) is 19.3 Å². The van der Waals surface area contributed by atoms with Gasteiger partial charge < -0.3 is 34.2 Å². The molecule has 0 saturated carbocycles. The van der Waals surface area contributed by atoms with Crippen LogP contribution in [-0.2, 0) is 55.8 Å². The van der Waals surface area contributed by atoms with Gasteiger partial charge in [-0.3, -0.25) is 32.5 Å². The van der Waals surface area contributed by atoms with Gasteiger partial charge in [0.15, 0.2) is 6.10 Å². The van der Waals surface area contributed by atoms with E-state index in [4.69, 9.17) is 32.3 Å². The number of esters is 3. The number of hydrogen-bond donors (Lipinski definition) is 4.